The van der Waals surface area contributed by atoms with Crippen LogP contribution >= 0.6 is 0 Å². The quantitative estimate of drug-likeness (QED) is 0.447. The average Bonchev–Trinajstić information content (AvgIpc) is 3.09. The van der Waals surface area contributed by atoms with Crippen LogP contribution in [0.5, 0.6) is 5.75 Å². The largest absolute Gasteiger partial charge is 0.501 e. The highest BCUT2D eigenvalue weighted by Gasteiger charge is 2.52. The zero-order valence-corrected chi connectivity index (χ0v) is 19.8. The van der Waals surface area contributed by atoms with Crippen molar-refractivity contribution in [1.82, 2.24) is 25.5 Å². The lowest BCUT2D eigenvalue weighted by atomic mass is 9.69. The fourth-order valence-corrected chi connectivity index (χ4v) is 4.85. The van der Waals surface area contributed by atoms with E-state index in [1.807, 2.05) is 0 Å². The summed E-state index contributed by atoms with van der Waals surface area (Å²) in [6.45, 7) is 1.49. The molecule has 0 saturated heterocycles. The number of likely N-dealkylation sites (N-methyl/N-ethyl adjacent to an activating group) is 1. The molecule has 0 atom stereocenters. The first-order valence-electron chi connectivity index (χ1n) is 11.4. The van der Waals surface area contributed by atoms with Gasteiger partial charge in [0, 0.05) is 20.1 Å². The lowest BCUT2D eigenvalue weighted by Crippen LogP contribution is -2.53. The number of nitriles is 1. The van der Waals surface area contributed by atoms with E-state index in [1.165, 1.54) is 19.2 Å². The number of carbonyl (C=O) groups excluding carboxylic acids is 3. The third-order valence-corrected chi connectivity index (χ3v) is 7.01. The van der Waals surface area contributed by atoms with Gasteiger partial charge in [-0.1, -0.05) is 12.1 Å². The molecule has 188 valence electrons. The smallest absolute Gasteiger partial charge is 0.310 e. The molecule has 3 aliphatic rings. The van der Waals surface area contributed by atoms with Gasteiger partial charge in [-0.3, -0.25) is 23.7 Å². The number of nitrogens with one attached hydrogen (secondary N) is 3. The van der Waals surface area contributed by atoms with E-state index >= 15 is 0 Å². The maximum atomic E-state index is 13.5. The molecule has 0 spiro atoms. The summed E-state index contributed by atoms with van der Waals surface area (Å²) in [7, 11) is 1.30. The molecule has 11 nitrogen and oxygen atoms in total. The molecule has 3 amide bonds. The van der Waals surface area contributed by atoms with Crippen LogP contribution in [0.15, 0.2) is 23.0 Å². The number of nitrogens with zero attached hydrogens (tertiary/aromatic N) is 3. The van der Waals surface area contributed by atoms with Crippen LogP contribution in [0.25, 0.3) is 0 Å². The van der Waals surface area contributed by atoms with Crippen LogP contribution < -0.4 is 21.5 Å². The minimum Gasteiger partial charge on any atom is -0.501 e. The molecule has 3 heterocycles. The van der Waals surface area contributed by atoms with Crippen molar-refractivity contribution in [2.45, 2.75) is 51.2 Å². The molecule has 1 fully saturated rings. The first-order chi connectivity index (χ1) is 17.0. The van der Waals surface area contributed by atoms with E-state index in [1.54, 1.807) is 13.0 Å². The van der Waals surface area contributed by atoms with Gasteiger partial charge in [0.1, 0.15) is 11.6 Å². The van der Waals surface area contributed by atoms with Crippen molar-refractivity contribution in [3.05, 3.63) is 57.0 Å². The van der Waals surface area contributed by atoms with Crippen molar-refractivity contribution < 1.29 is 23.9 Å². The molecule has 36 heavy (non-hydrogen) atoms. The molecule has 2 aliphatic heterocycles. The van der Waals surface area contributed by atoms with Crippen LogP contribution in [0.4, 0.5) is 4.39 Å². The molecule has 1 aromatic heterocycles. The monoisotopic (exact) mass is 496 g/mol. The van der Waals surface area contributed by atoms with Crippen molar-refractivity contribution in [1.29, 1.82) is 5.26 Å². The molecule has 0 unspecified atom stereocenters. The molecule has 4 N–H and O–H groups in total. The number of aromatic hydroxyl groups is 1. The summed E-state index contributed by atoms with van der Waals surface area (Å²) in [6.07, 6.45) is 1.03. The number of benzene rings is 1. The second-order valence-corrected chi connectivity index (χ2v) is 9.30. The minimum atomic E-state index is -1.30. The van der Waals surface area contributed by atoms with E-state index in [-0.39, 0.29) is 31.8 Å². The van der Waals surface area contributed by atoms with Crippen LogP contribution in [0.2, 0.25) is 0 Å². The van der Waals surface area contributed by atoms with Crippen LogP contribution in [0.1, 0.15) is 53.1 Å². The molecular weight excluding hydrogens is 471 g/mol. The normalized spacial score (nSPS) is 22.1. The predicted octanol–water partition coefficient (Wildman–Crippen LogP) is 0.482. The van der Waals surface area contributed by atoms with Crippen molar-refractivity contribution >= 4 is 17.7 Å². The van der Waals surface area contributed by atoms with Gasteiger partial charge in [-0.15, -0.1) is 0 Å². The van der Waals surface area contributed by atoms with Gasteiger partial charge in [0.2, 0.25) is 5.75 Å². The molecule has 0 radical (unpaired) electrons. The Balaban J connectivity index is 1.75. The van der Waals surface area contributed by atoms with Crippen molar-refractivity contribution in [2.75, 3.05) is 7.05 Å². The first-order valence-corrected chi connectivity index (χ1v) is 11.4. The number of aromatic nitrogens is 2. The van der Waals surface area contributed by atoms with Gasteiger partial charge in [-0.2, -0.15) is 5.26 Å². The standard InChI is InChI=1S/C24H25FN6O5/c1-13-9-14(3-4-15(13)25)10-28-18(33)16-17(32)21(36)31-12-23(11-26)5-7-24(8-6-23,22(31)29-16)30-20(35)19(34)27-2/h3-4,9,32H,5-8,10,12H2,1-2H3,(H,27,34)(H,28,33)(H,30,35). The summed E-state index contributed by atoms with van der Waals surface area (Å²) in [5, 5.41) is 27.9. The summed E-state index contributed by atoms with van der Waals surface area (Å²) < 4.78 is 14.7. The molecule has 12 heteroatoms. The number of fused-ring (bicyclic) bond motifs is 2. The zero-order valence-electron chi connectivity index (χ0n) is 19.8. The lowest BCUT2D eigenvalue weighted by Gasteiger charge is -2.39. The van der Waals surface area contributed by atoms with Gasteiger partial charge in [-0.05, 0) is 49.8 Å². The van der Waals surface area contributed by atoms with Crippen LogP contribution in [-0.4, -0.2) is 39.4 Å². The number of amides is 3. The maximum Gasteiger partial charge on any atom is 0.310 e. The number of carbonyl (C=O) groups is 3. The summed E-state index contributed by atoms with van der Waals surface area (Å²) in [4.78, 5) is 54.9. The second kappa shape index (κ2) is 9.07. The Morgan fingerprint density at radius 1 is 1.22 bits per heavy atom. The van der Waals surface area contributed by atoms with Gasteiger partial charge in [0.15, 0.2) is 5.69 Å². The van der Waals surface area contributed by atoms with Gasteiger partial charge < -0.3 is 21.1 Å². The number of aryl methyl sites for hydroxylation is 1. The number of hydrogen-bond acceptors (Lipinski definition) is 7. The summed E-state index contributed by atoms with van der Waals surface area (Å²) in [6, 6.07) is 6.56. The Kier molecular flexibility index (Phi) is 6.26. The Morgan fingerprint density at radius 2 is 1.92 bits per heavy atom. The Labute approximate surface area is 205 Å². The number of halogens is 1. The molecule has 1 aliphatic carbocycles. The van der Waals surface area contributed by atoms with E-state index < -0.39 is 51.5 Å². The highest BCUT2D eigenvalue weighted by molar-refractivity contribution is 6.35. The van der Waals surface area contributed by atoms with Crippen LogP contribution in [0, 0.1) is 29.5 Å². The van der Waals surface area contributed by atoms with Crippen molar-refractivity contribution in [3.63, 3.8) is 0 Å². The van der Waals surface area contributed by atoms with Gasteiger partial charge in [0.25, 0.3) is 11.5 Å². The van der Waals surface area contributed by atoms with Crippen molar-refractivity contribution in [3.8, 4) is 11.8 Å². The first kappa shape index (κ1) is 24.8. The molecule has 1 saturated carbocycles. The van der Waals surface area contributed by atoms with Crippen LogP contribution in [0.3, 0.4) is 0 Å². The lowest BCUT2D eigenvalue weighted by molar-refractivity contribution is -0.140. The van der Waals surface area contributed by atoms with E-state index in [2.05, 4.69) is 27.0 Å². The third-order valence-electron chi connectivity index (χ3n) is 7.01. The fraction of sp³-hybridized carbons (Fsp3) is 0.417. The number of rotatable bonds is 4. The SMILES string of the molecule is CNC(=O)C(=O)NC12CCC(C#N)(CC1)Cn1c2nc(C(=O)NCc2ccc(F)c(C)c2)c(O)c1=O. The summed E-state index contributed by atoms with van der Waals surface area (Å²) in [5.74, 6) is -3.98. The topological polar surface area (TPSA) is 166 Å². The fourth-order valence-electron chi connectivity index (χ4n) is 4.85. The van der Waals surface area contributed by atoms with Gasteiger partial charge >= 0.3 is 11.8 Å². The van der Waals surface area contributed by atoms with E-state index in [4.69, 9.17) is 0 Å². The molecule has 5 rings (SSSR count). The van der Waals surface area contributed by atoms with E-state index in [0.29, 0.717) is 24.0 Å². The molecular formula is C24H25FN6O5. The molecule has 2 aromatic rings. The summed E-state index contributed by atoms with van der Waals surface area (Å²) in [5.41, 5.74) is -2.70. The average molecular weight is 496 g/mol. The predicted molar refractivity (Wildman–Crippen MR) is 123 cm³/mol. The Hall–Kier alpha value is -4.27. The summed E-state index contributed by atoms with van der Waals surface area (Å²) >= 11 is 0. The van der Waals surface area contributed by atoms with Gasteiger partial charge in [-0.25, -0.2) is 9.37 Å². The number of hydrogen-bond donors (Lipinski definition) is 4. The van der Waals surface area contributed by atoms with Crippen molar-refractivity contribution in [2.24, 2.45) is 5.41 Å². The Morgan fingerprint density at radius 3 is 2.53 bits per heavy atom. The van der Waals surface area contributed by atoms with Gasteiger partial charge in [0.05, 0.1) is 17.0 Å². The van der Waals surface area contributed by atoms with E-state index in [9.17, 15) is 33.9 Å². The zero-order chi connectivity index (χ0) is 26.3. The Bertz CT molecular complexity index is 1370. The molecule has 1 aromatic carbocycles. The highest BCUT2D eigenvalue weighted by Crippen LogP contribution is 2.49. The molecule has 2 bridgehead atoms. The third kappa shape index (κ3) is 4.17. The minimum absolute atomic E-state index is 0.0000420. The van der Waals surface area contributed by atoms with Crippen LogP contribution in [-0.2, 0) is 28.2 Å². The van der Waals surface area contributed by atoms with E-state index in [0.717, 1.165) is 4.57 Å². The highest BCUT2D eigenvalue weighted by atomic mass is 19.1. The second-order valence-electron chi connectivity index (χ2n) is 9.30. The maximum absolute atomic E-state index is 13.5.